The molecule has 1 aromatic carbocycles. The highest BCUT2D eigenvalue weighted by Crippen LogP contribution is 2.23. The van der Waals surface area contributed by atoms with Crippen molar-refractivity contribution in [2.45, 2.75) is 13.8 Å². The molecule has 0 aliphatic rings. The lowest BCUT2D eigenvalue weighted by Gasteiger charge is -1.96. The van der Waals surface area contributed by atoms with E-state index in [2.05, 4.69) is 15.2 Å². The van der Waals surface area contributed by atoms with E-state index in [-0.39, 0.29) is 5.69 Å². The summed E-state index contributed by atoms with van der Waals surface area (Å²) in [5.74, 6) is -0.461. The quantitative estimate of drug-likeness (QED) is 0.692. The highest BCUT2D eigenvalue weighted by Gasteiger charge is 2.18. The number of para-hydroxylation sites is 1. The van der Waals surface area contributed by atoms with Gasteiger partial charge in [0.15, 0.2) is 5.69 Å². The van der Waals surface area contributed by atoms with Crippen molar-refractivity contribution in [3.05, 3.63) is 35.7 Å². The largest absolute Gasteiger partial charge is 0.461 e. The van der Waals surface area contributed by atoms with Gasteiger partial charge in [0.2, 0.25) is 5.13 Å². The number of esters is 1. The molecule has 0 amide bonds. The van der Waals surface area contributed by atoms with E-state index < -0.39 is 5.97 Å². The Labute approximate surface area is 119 Å². The van der Waals surface area contributed by atoms with Crippen LogP contribution in [-0.4, -0.2) is 32.6 Å². The minimum absolute atomic E-state index is 0.228. The Balaban J connectivity index is 2.02. The van der Waals surface area contributed by atoms with E-state index in [1.165, 1.54) is 16.1 Å². The van der Waals surface area contributed by atoms with E-state index in [9.17, 15) is 4.79 Å². The van der Waals surface area contributed by atoms with Crippen molar-refractivity contribution in [3.8, 4) is 5.13 Å². The Morgan fingerprint density at radius 1 is 1.35 bits per heavy atom. The minimum Gasteiger partial charge on any atom is -0.461 e. The Morgan fingerprint density at radius 2 is 2.15 bits per heavy atom. The summed E-state index contributed by atoms with van der Waals surface area (Å²) in [6.07, 6.45) is 0. The molecule has 0 spiro atoms. The topological polar surface area (TPSA) is 69.9 Å². The smallest absolute Gasteiger partial charge is 0.360 e. The lowest BCUT2D eigenvalue weighted by molar-refractivity contribution is 0.0518. The number of ether oxygens (including phenoxy) is 1. The summed E-state index contributed by atoms with van der Waals surface area (Å²) in [5, 5.41) is 9.03. The number of benzene rings is 1. The number of fused-ring (bicyclic) bond motifs is 1. The van der Waals surface area contributed by atoms with Gasteiger partial charge in [-0.3, -0.25) is 0 Å². The Morgan fingerprint density at radius 3 is 2.90 bits per heavy atom. The third-order valence-corrected chi connectivity index (χ3v) is 3.71. The van der Waals surface area contributed by atoms with Crippen molar-refractivity contribution in [1.29, 1.82) is 0 Å². The van der Waals surface area contributed by atoms with E-state index in [0.717, 1.165) is 10.2 Å². The first-order valence-electron chi connectivity index (χ1n) is 6.16. The van der Waals surface area contributed by atoms with Gasteiger partial charge in [0, 0.05) is 0 Å². The SMILES string of the molecule is CCOC(=O)c1nn(-c2nc3ccccc3s2)nc1C. The molecule has 6 nitrogen and oxygen atoms in total. The predicted octanol–water partition coefficient (Wildman–Crippen LogP) is 2.36. The molecule has 3 aromatic rings. The molecule has 2 aromatic heterocycles. The van der Waals surface area contributed by atoms with Crippen LogP contribution in [0.15, 0.2) is 24.3 Å². The molecule has 0 aliphatic heterocycles. The molecule has 3 rings (SSSR count). The van der Waals surface area contributed by atoms with Gasteiger partial charge in [0.1, 0.15) is 0 Å². The second kappa shape index (κ2) is 5.01. The van der Waals surface area contributed by atoms with E-state index in [1.54, 1.807) is 13.8 Å². The number of rotatable bonds is 3. The van der Waals surface area contributed by atoms with Crippen molar-refractivity contribution in [1.82, 2.24) is 20.0 Å². The van der Waals surface area contributed by atoms with Gasteiger partial charge in [-0.05, 0) is 26.0 Å². The number of hydrogen-bond donors (Lipinski definition) is 0. The third kappa shape index (κ3) is 2.16. The van der Waals surface area contributed by atoms with Crippen LogP contribution in [0.1, 0.15) is 23.1 Å². The third-order valence-electron chi connectivity index (χ3n) is 2.70. The van der Waals surface area contributed by atoms with Gasteiger partial charge in [0.25, 0.3) is 0 Å². The van der Waals surface area contributed by atoms with Crippen LogP contribution >= 0.6 is 11.3 Å². The summed E-state index contributed by atoms with van der Waals surface area (Å²) < 4.78 is 6.00. The molecule has 102 valence electrons. The molecule has 7 heteroatoms. The highest BCUT2D eigenvalue weighted by atomic mass is 32.1. The number of aromatic nitrogens is 4. The van der Waals surface area contributed by atoms with Crippen LogP contribution < -0.4 is 0 Å². The van der Waals surface area contributed by atoms with Crippen LogP contribution in [0.3, 0.4) is 0 Å². The van der Waals surface area contributed by atoms with Crippen molar-refractivity contribution in [3.63, 3.8) is 0 Å². The van der Waals surface area contributed by atoms with E-state index in [0.29, 0.717) is 17.4 Å². The first-order chi connectivity index (χ1) is 9.69. The van der Waals surface area contributed by atoms with Gasteiger partial charge >= 0.3 is 5.97 Å². The lowest BCUT2D eigenvalue weighted by Crippen LogP contribution is -2.07. The molecule has 0 fully saturated rings. The number of carbonyl (C=O) groups is 1. The second-order valence-electron chi connectivity index (χ2n) is 4.11. The summed E-state index contributed by atoms with van der Waals surface area (Å²) in [7, 11) is 0. The molecule has 0 bridgehead atoms. The van der Waals surface area contributed by atoms with E-state index in [4.69, 9.17) is 4.74 Å². The zero-order valence-corrected chi connectivity index (χ0v) is 11.8. The molecule has 0 saturated heterocycles. The number of nitrogens with zero attached hydrogens (tertiary/aromatic N) is 4. The average molecular weight is 288 g/mol. The maximum absolute atomic E-state index is 11.7. The summed E-state index contributed by atoms with van der Waals surface area (Å²) in [6.45, 7) is 3.79. The monoisotopic (exact) mass is 288 g/mol. The van der Waals surface area contributed by atoms with Gasteiger partial charge in [-0.25, -0.2) is 9.78 Å². The molecule has 2 heterocycles. The maximum Gasteiger partial charge on any atom is 0.360 e. The van der Waals surface area contributed by atoms with Crippen molar-refractivity contribution in [2.24, 2.45) is 0 Å². The van der Waals surface area contributed by atoms with Crippen LogP contribution in [0.4, 0.5) is 0 Å². The molecule has 0 saturated carbocycles. The molecule has 0 aliphatic carbocycles. The molecule has 0 unspecified atom stereocenters. The predicted molar refractivity (Wildman–Crippen MR) is 75.2 cm³/mol. The van der Waals surface area contributed by atoms with E-state index >= 15 is 0 Å². The standard InChI is InChI=1S/C13H12N4O2S/c1-3-19-12(18)11-8(2)15-17(16-11)13-14-9-6-4-5-7-10(9)20-13/h4-7H,3H2,1-2H3. The normalized spacial score (nSPS) is 10.9. The van der Waals surface area contributed by atoms with Gasteiger partial charge in [0.05, 0.1) is 22.5 Å². The van der Waals surface area contributed by atoms with Crippen LogP contribution in [-0.2, 0) is 4.74 Å². The minimum atomic E-state index is -0.461. The second-order valence-corrected chi connectivity index (χ2v) is 5.12. The van der Waals surface area contributed by atoms with Gasteiger partial charge < -0.3 is 4.74 Å². The summed E-state index contributed by atoms with van der Waals surface area (Å²) >= 11 is 1.47. The fourth-order valence-corrected chi connectivity index (χ4v) is 2.67. The van der Waals surface area contributed by atoms with Gasteiger partial charge in [-0.1, -0.05) is 23.5 Å². The van der Waals surface area contributed by atoms with Gasteiger partial charge in [-0.15, -0.1) is 9.90 Å². The summed E-state index contributed by atoms with van der Waals surface area (Å²) in [6, 6.07) is 7.80. The average Bonchev–Trinajstić information content (AvgIpc) is 3.02. The zero-order valence-electron chi connectivity index (χ0n) is 11.0. The summed E-state index contributed by atoms with van der Waals surface area (Å²) in [4.78, 5) is 17.6. The van der Waals surface area contributed by atoms with Crippen molar-refractivity contribution in [2.75, 3.05) is 6.61 Å². The van der Waals surface area contributed by atoms with Crippen LogP contribution in [0.2, 0.25) is 0 Å². The fourth-order valence-electron chi connectivity index (χ4n) is 1.80. The Kier molecular flexibility index (Phi) is 3.19. The maximum atomic E-state index is 11.7. The summed E-state index contributed by atoms with van der Waals surface area (Å²) in [5.41, 5.74) is 1.65. The Bertz CT molecular complexity index is 745. The van der Waals surface area contributed by atoms with Crippen LogP contribution in [0.25, 0.3) is 15.3 Å². The van der Waals surface area contributed by atoms with Crippen LogP contribution in [0, 0.1) is 6.92 Å². The number of hydrogen-bond acceptors (Lipinski definition) is 6. The molecule has 0 radical (unpaired) electrons. The highest BCUT2D eigenvalue weighted by molar-refractivity contribution is 7.20. The van der Waals surface area contributed by atoms with Crippen molar-refractivity contribution >= 4 is 27.5 Å². The molecule has 0 N–H and O–H groups in total. The van der Waals surface area contributed by atoms with Gasteiger partial charge in [-0.2, -0.15) is 5.10 Å². The first kappa shape index (κ1) is 12.7. The first-order valence-corrected chi connectivity index (χ1v) is 6.97. The van der Waals surface area contributed by atoms with Crippen LogP contribution in [0.5, 0.6) is 0 Å². The lowest BCUT2D eigenvalue weighted by atomic mass is 10.3. The molecule has 0 atom stereocenters. The number of aryl methyl sites for hydroxylation is 1. The molecular weight excluding hydrogens is 276 g/mol. The Hall–Kier alpha value is -2.28. The number of thiazole rings is 1. The molecule has 20 heavy (non-hydrogen) atoms. The number of carbonyl (C=O) groups excluding carboxylic acids is 1. The fraction of sp³-hybridized carbons (Fsp3) is 0.231. The zero-order chi connectivity index (χ0) is 14.1. The molecular formula is C13H12N4O2S. The van der Waals surface area contributed by atoms with Crippen molar-refractivity contribution < 1.29 is 9.53 Å². The van der Waals surface area contributed by atoms with E-state index in [1.807, 2.05) is 24.3 Å².